The van der Waals surface area contributed by atoms with Crippen molar-refractivity contribution >= 4 is 17.9 Å². The van der Waals surface area contributed by atoms with Crippen LogP contribution in [-0.2, 0) is 4.74 Å². The summed E-state index contributed by atoms with van der Waals surface area (Å²) in [5, 5.41) is 17.5. The molecule has 0 aromatic heterocycles. The minimum Gasteiger partial charge on any atom is -0.478 e. The van der Waals surface area contributed by atoms with Crippen LogP contribution in [0.15, 0.2) is 31.0 Å². The molecule has 6 nitrogen and oxygen atoms in total. The monoisotopic (exact) mass is 236 g/mol. The molecule has 0 fully saturated rings. The van der Waals surface area contributed by atoms with Crippen LogP contribution in [-0.4, -0.2) is 28.1 Å². The van der Waals surface area contributed by atoms with E-state index in [1.165, 1.54) is 0 Å². The number of carbonyl (C=O) groups is 3. The molecule has 1 rings (SSSR count). The normalized spacial score (nSPS) is 9.41. The van der Waals surface area contributed by atoms with Gasteiger partial charge in [0.2, 0.25) is 0 Å². The van der Waals surface area contributed by atoms with Crippen molar-refractivity contribution in [3.8, 4) is 0 Å². The Bertz CT molecular complexity index is 470. The molecule has 0 aliphatic carbocycles. The number of esters is 1. The highest BCUT2D eigenvalue weighted by Crippen LogP contribution is 2.12. The summed E-state index contributed by atoms with van der Waals surface area (Å²) in [5.74, 6) is -3.54. The van der Waals surface area contributed by atoms with Crippen LogP contribution in [0.3, 0.4) is 0 Å². The van der Waals surface area contributed by atoms with Crippen molar-refractivity contribution in [2.45, 2.75) is 0 Å². The maximum absolute atomic E-state index is 11.3. The van der Waals surface area contributed by atoms with Crippen molar-refractivity contribution in [2.24, 2.45) is 0 Å². The van der Waals surface area contributed by atoms with Crippen LogP contribution in [0.1, 0.15) is 31.1 Å². The maximum Gasteiger partial charge on any atom is 0.342 e. The summed E-state index contributed by atoms with van der Waals surface area (Å²) in [5.41, 5.74) is -0.774. The zero-order valence-electron chi connectivity index (χ0n) is 8.54. The third-order valence-corrected chi connectivity index (χ3v) is 1.85. The van der Waals surface area contributed by atoms with Crippen molar-refractivity contribution in [3.63, 3.8) is 0 Å². The van der Waals surface area contributed by atoms with Crippen LogP contribution in [0.5, 0.6) is 0 Å². The van der Waals surface area contributed by atoms with Gasteiger partial charge in [0.15, 0.2) is 0 Å². The number of carbonyl (C=O) groups excluding carboxylic acids is 1. The Morgan fingerprint density at radius 1 is 1.00 bits per heavy atom. The molecule has 0 saturated carbocycles. The second kappa shape index (κ2) is 4.93. The smallest absolute Gasteiger partial charge is 0.342 e. The van der Waals surface area contributed by atoms with E-state index in [0.29, 0.717) is 0 Å². The molecule has 88 valence electrons. The quantitative estimate of drug-likeness (QED) is 0.605. The fourth-order valence-electron chi connectivity index (χ4n) is 1.14. The van der Waals surface area contributed by atoms with E-state index < -0.39 is 17.9 Å². The molecular formula is C11H8O6. The number of benzene rings is 1. The Morgan fingerprint density at radius 3 is 1.76 bits per heavy atom. The molecule has 17 heavy (non-hydrogen) atoms. The van der Waals surface area contributed by atoms with Crippen LogP contribution < -0.4 is 0 Å². The van der Waals surface area contributed by atoms with Gasteiger partial charge in [-0.05, 0) is 18.2 Å². The molecule has 2 N–H and O–H groups in total. The number of carboxylic acids is 2. The number of hydrogen-bond donors (Lipinski definition) is 2. The summed E-state index contributed by atoms with van der Waals surface area (Å²) in [6.07, 6.45) is 0.871. The minimum atomic E-state index is -1.33. The lowest BCUT2D eigenvalue weighted by molar-refractivity contribution is 0.0664. The molecule has 0 amide bonds. The van der Waals surface area contributed by atoms with Crippen molar-refractivity contribution < 1.29 is 29.3 Å². The van der Waals surface area contributed by atoms with Crippen molar-refractivity contribution in [1.29, 1.82) is 0 Å². The largest absolute Gasteiger partial charge is 0.478 e. The first-order valence-corrected chi connectivity index (χ1v) is 4.39. The van der Waals surface area contributed by atoms with Gasteiger partial charge in [-0.25, -0.2) is 14.4 Å². The lowest BCUT2D eigenvalue weighted by Gasteiger charge is -2.03. The van der Waals surface area contributed by atoms with Gasteiger partial charge in [-0.2, -0.15) is 0 Å². The Kier molecular flexibility index (Phi) is 3.61. The highest BCUT2D eigenvalue weighted by atomic mass is 16.5. The predicted molar refractivity (Wildman–Crippen MR) is 56.0 cm³/mol. The van der Waals surface area contributed by atoms with Gasteiger partial charge in [-0.1, -0.05) is 6.58 Å². The SMILES string of the molecule is C=COC(=O)c1cc(C(=O)O)cc(C(=O)O)c1. The van der Waals surface area contributed by atoms with Gasteiger partial charge in [0.05, 0.1) is 23.0 Å². The van der Waals surface area contributed by atoms with E-state index in [2.05, 4.69) is 11.3 Å². The summed E-state index contributed by atoms with van der Waals surface area (Å²) < 4.78 is 4.44. The van der Waals surface area contributed by atoms with Crippen LogP contribution >= 0.6 is 0 Å². The lowest BCUT2D eigenvalue weighted by Crippen LogP contribution is -2.08. The van der Waals surface area contributed by atoms with E-state index in [1.807, 2.05) is 0 Å². The molecule has 0 radical (unpaired) electrons. The van der Waals surface area contributed by atoms with Crippen LogP contribution in [0.25, 0.3) is 0 Å². The summed E-state index contributed by atoms with van der Waals surface area (Å²) in [6, 6.07) is 3.01. The minimum absolute atomic E-state index is 0.165. The summed E-state index contributed by atoms with van der Waals surface area (Å²) in [6.45, 7) is 3.17. The zero-order chi connectivity index (χ0) is 13.0. The van der Waals surface area contributed by atoms with Gasteiger partial charge in [0.25, 0.3) is 0 Å². The van der Waals surface area contributed by atoms with E-state index in [0.717, 1.165) is 24.5 Å². The molecule has 1 aromatic carbocycles. The van der Waals surface area contributed by atoms with E-state index in [1.54, 1.807) is 0 Å². The van der Waals surface area contributed by atoms with Gasteiger partial charge < -0.3 is 14.9 Å². The fourth-order valence-corrected chi connectivity index (χ4v) is 1.14. The van der Waals surface area contributed by atoms with E-state index in [-0.39, 0.29) is 16.7 Å². The summed E-state index contributed by atoms with van der Waals surface area (Å²) >= 11 is 0. The first-order chi connectivity index (χ1) is 7.95. The fraction of sp³-hybridized carbons (Fsp3) is 0. The van der Waals surface area contributed by atoms with E-state index in [9.17, 15) is 14.4 Å². The Labute approximate surface area is 95.8 Å². The molecule has 0 spiro atoms. The highest BCUT2D eigenvalue weighted by Gasteiger charge is 2.15. The number of rotatable bonds is 4. The molecule has 0 bridgehead atoms. The van der Waals surface area contributed by atoms with Gasteiger partial charge >= 0.3 is 17.9 Å². The zero-order valence-corrected chi connectivity index (χ0v) is 8.54. The summed E-state index contributed by atoms with van der Waals surface area (Å²) in [7, 11) is 0. The second-order valence-electron chi connectivity index (χ2n) is 2.98. The molecule has 0 atom stereocenters. The van der Waals surface area contributed by atoms with Gasteiger partial charge in [0.1, 0.15) is 0 Å². The van der Waals surface area contributed by atoms with Crippen molar-refractivity contribution in [1.82, 2.24) is 0 Å². The number of carboxylic acid groups (broad SMARTS) is 2. The van der Waals surface area contributed by atoms with E-state index >= 15 is 0 Å². The Morgan fingerprint density at radius 2 is 1.41 bits per heavy atom. The Hall–Kier alpha value is -2.63. The van der Waals surface area contributed by atoms with Crippen LogP contribution in [0, 0.1) is 0 Å². The van der Waals surface area contributed by atoms with Gasteiger partial charge in [-0.3, -0.25) is 0 Å². The van der Waals surface area contributed by atoms with Crippen LogP contribution in [0.4, 0.5) is 0 Å². The number of ether oxygens (including phenoxy) is 1. The van der Waals surface area contributed by atoms with Gasteiger partial charge in [-0.15, -0.1) is 0 Å². The third kappa shape index (κ3) is 2.91. The molecule has 0 saturated heterocycles. The molecule has 0 unspecified atom stereocenters. The third-order valence-electron chi connectivity index (χ3n) is 1.85. The average molecular weight is 236 g/mol. The number of hydrogen-bond acceptors (Lipinski definition) is 4. The first-order valence-electron chi connectivity index (χ1n) is 4.39. The summed E-state index contributed by atoms with van der Waals surface area (Å²) in [4.78, 5) is 32.8. The topological polar surface area (TPSA) is 101 Å². The van der Waals surface area contributed by atoms with Crippen molar-refractivity contribution in [2.75, 3.05) is 0 Å². The molecular weight excluding hydrogens is 228 g/mol. The number of aromatic carboxylic acids is 2. The average Bonchev–Trinajstić information content (AvgIpc) is 2.28. The maximum atomic E-state index is 11.3. The van der Waals surface area contributed by atoms with Gasteiger partial charge in [0, 0.05) is 0 Å². The molecule has 0 aliphatic heterocycles. The molecule has 0 heterocycles. The molecule has 6 heteroatoms. The predicted octanol–water partition coefficient (Wildman–Crippen LogP) is 1.38. The van der Waals surface area contributed by atoms with Crippen molar-refractivity contribution in [3.05, 3.63) is 47.7 Å². The lowest BCUT2D eigenvalue weighted by atomic mass is 10.1. The van der Waals surface area contributed by atoms with Crippen LogP contribution in [0.2, 0.25) is 0 Å². The highest BCUT2D eigenvalue weighted by molar-refractivity contribution is 5.99. The first kappa shape index (κ1) is 12.4. The Balaban J connectivity index is 3.30. The second-order valence-corrected chi connectivity index (χ2v) is 2.98. The molecule has 0 aliphatic rings. The van der Waals surface area contributed by atoms with E-state index in [4.69, 9.17) is 10.2 Å². The molecule has 1 aromatic rings. The standard InChI is InChI=1S/C11H8O6/c1-2-17-11(16)8-4-6(9(12)13)3-7(5-8)10(14)15/h2-5H,1H2,(H,12,13)(H,14,15).